The fourth-order valence-electron chi connectivity index (χ4n) is 2.60. The van der Waals surface area contributed by atoms with Crippen molar-refractivity contribution in [2.75, 3.05) is 12.4 Å². The molecule has 0 spiro atoms. The lowest BCUT2D eigenvalue weighted by atomic mass is 9.89. The predicted octanol–water partition coefficient (Wildman–Crippen LogP) is 4.95. The minimum absolute atomic E-state index is 0.420. The van der Waals surface area contributed by atoms with Crippen LogP contribution in [0.2, 0.25) is 0 Å². The van der Waals surface area contributed by atoms with E-state index in [1.165, 1.54) is 28.4 Å². The third-order valence-corrected chi connectivity index (χ3v) is 3.50. The number of rotatable bonds is 5. The average Bonchev–Trinajstić information content (AvgIpc) is 2.43. The molecule has 0 heterocycles. The molecule has 2 rings (SSSR count). The van der Waals surface area contributed by atoms with Crippen LogP contribution in [0.3, 0.4) is 0 Å². The molecule has 2 aromatic rings. The first kappa shape index (κ1) is 12.7. The Balaban J connectivity index is 2.66. The molecule has 1 nitrogen and oxygen atoms in total. The molecule has 0 aliphatic carbocycles. The van der Waals surface area contributed by atoms with E-state index in [0.717, 1.165) is 6.42 Å². The van der Waals surface area contributed by atoms with Crippen molar-refractivity contribution in [1.29, 1.82) is 0 Å². The van der Waals surface area contributed by atoms with Crippen molar-refractivity contribution in [3.8, 4) is 0 Å². The number of hydrogen-bond acceptors (Lipinski definition) is 1. The van der Waals surface area contributed by atoms with Gasteiger partial charge >= 0.3 is 0 Å². The summed E-state index contributed by atoms with van der Waals surface area (Å²) in [5, 5.41) is 5.95. The van der Waals surface area contributed by atoms with E-state index in [2.05, 4.69) is 61.3 Å². The van der Waals surface area contributed by atoms with Gasteiger partial charge in [-0.25, -0.2) is 0 Å². The van der Waals surface area contributed by atoms with E-state index < -0.39 is 0 Å². The molecule has 0 saturated carbocycles. The summed E-state index contributed by atoms with van der Waals surface area (Å²) in [7, 11) is 1.99. The van der Waals surface area contributed by atoms with Crippen molar-refractivity contribution in [3.63, 3.8) is 0 Å². The third-order valence-electron chi connectivity index (χ3n) is 3.50. The van der Waals surface area contributed by atoms with E-state index in [9.17, 15) is 0 Å². The van der Waals surface area contributed by atoms with Crippen LogP contribution in [0, 0.1) is 0 Å². The van der Waals surface area contributed by atoms with E-state index >= 15 is 0 Å². The highest BCUT2D eigenvalue weighted by molar-refractivity contribution is 5.91. The zero-order valence-corrected chi connectivity index (χ0v) is 11.2. The second-order valence-corrected chi connectivity index (χ2v) is 4.63. The number of allylic oxidation sites excluding steroid dienone is 1. The number of nitrogens with one attached hydrogen (secondary N) is 1. The molecule has 0 amide bonds. The van der Waals surface area contributed by atoms with Crippen LogP contribution in [-0.4, -0.2) is 7.05 Å². The molecule has 0 bridgehead atoms. The van der Waals surface area contributed by atoms with Gasteiger partial charge in [-0.2, -0.15) is 0 Å². The summed E-state index contributed by atoms with van der Waals surface area (Å²) < 4.78 is 0. The predicted molar refractivity (Wildman–Crippen MR) is 81.3 cm³/mol. The summed E-state index contributed by atoms with van der Waals surface area (Å²) in [6, 6.07) is 12.9. The van der Waals surface area contributed by atoms with E-state index in [4.69, 9.17) is 0 Å². The molecule has 1 atom stereocenters. The van der Waals surface area contributed by atoms with Crippen molar-refractivity contribution in [2.24, 2.45) is 0 Å². The normalized spacial score (nSPS) is 12.3. The van der Waals surface area contributed by atoms with E-state index in [1.54, 1.807) is 0 Å². The van der Waals surface area contributed by atoms with Crippen molar-refractivity contribution in [3.05, 3.63) is 54.6 Å². The summed E-state index contributed by atoms with van der Waals surface area (Å²) >= 11 is 0. The molecule has 18 heavy (non-hydrogen) atoms. The number of hydrogen-bond donors (Lipinski definition) is 1. The Morgan fingerprint density at radius 2 is 2.00 bits per heavy atom. The lowest BCUT2D eigenvalue weighted by Gasteiger charge is -2.19. The molecule has 0 fully saturated rings. The Hall–Kier alpha value is -1.76. The van der Waals surface area contributed by atoms with E-state index in [1.807, 2.05) is 7.05 Å². The Labute approximate surface area is 110 Å². The lowest BCUT2D eigenvalue weighted by Crippen LogP contribution is -2.02. The van der Waals surface area contributed by atoms with Crippen LogP contribution >= 0.6 is 0 Å². The first-order chi connectivity index (χ1) is 8.81. The van der Waals surface area contributed by atoms with Crippen LogP contribution in [0.15, 0.2) is 49.1 Å². The average molecular weight is 239 g/mol. The fourth-order valence-corrected chi connectivity index (χ4v) is 2.60. The molecule has 0 radical (unpaired) electrons. The van der Waals surface area contributed by atoms with Gasteiger partial charge in [-0.05, 0) is 28.8 Å². The van der Waals surface area contributed by atoms with Gasteiger partial charge < -0.3 is 5.32 Å². The second-order valence-electron chi connectivity index (χ2n) is 4.63. The largest absolute Gasteiger partial charge is 0.388 e. The highest BCUT2D eigenvalue weighted by Gasteiger charge is 2.14. The molecule has 94 valence electrons. The summed E-state index contributed by atoms with van der Waals surface area (Å²) in [5.41, 5.74) is 2.60. The fraction of sp³-hybridized carbons (Fsp3) is 0.294. The maximum absolute atomic E-state index is 4.01. The lowest BCUT2D eigenvalue weighted by molar-refractivity contribution is 0.724. The van der Waals surface area contributed by atoms with Crippen molar-refractivity contribution < 1.29 is 0 Å². The molecule has 0 aliphatic heterocycles. The van der Waals surface area contributed by atoms with Gasteiger partial charge in [0.25, 0.3) is 0 Å². The summed E-state index contributed by atoms with van der Waals surface area (Å²) in [6.45, 7) is 6.23. The quantitative estimate of drug-likeness (QED) is 0.728. The van der Waals surface area contributed by atoms with Gasteiger partial charge in [0.1, 0.15) is 0 Å². The minimum Gasteiger partial charge on any atom is -0.388 e. The Kier molecular flexibility index (Phi) is 4.03. The molecule has 2 aromatic carbocycles. The Morgan fingerprint density at radius 1 is 1.22 bits per heavy atom. The standard InChI is InChI=1S/C17H21N/c1-4-8-13(5-2)17-15-10-7-6-9-14(15)11-12-16(17)18-3/h5-7,9-13,18H,2,4,8H2,1,3H3. The zero-order chi connectivity index (χ0) is 13.0. The van der Waals surface area contributed by atoms with Crippen LogP contribution in [0.1, 0.15) is 31.2 Å². The highest BCUT2D eigenvalue weighted by atomic mass is 14.8. The molecule has 0 aliphatic rings. The third kappa shape index (κ3) is 2.26. The van der Waals surface area contributed by atoms with Gasteiger partial charge in [0, 0.05) is 18.7 Å². The van der Waals surface area contributed by atoms with Crippen molar-refractivity contribution in [2.45, 2.75) is 25.7 Å². The number of anilines is 1. The smallest absolute Gasteiger partial charge is 0.0382 e. The Morgan fingerprint density at radius 3 is 2.67 bits per heavy atom. The summed E-state index contributed by atoms with van der Waals surface area (Å²) in [4.78, 5) is 0. The highest BCUT2D eigenvalue weighted by Crippen LogP contribution is 2.35. The molecule has 0 saturated heterocycles. The van der Waals surface area contributed by atoms with Gasteiger partial charge in [-0.3, -0.25) is 0 Å². The number of fused-ring (bicyclic) bond motifs is 1. The van der Waals surface area contributed by atoms with Crippen molar-refractivity contribution >= 4 is 16.5 Å². The van der Waals surface area contributed by atoms with Gasteiger partial charge in [-0.15, -0.1) is 6.58 Å². The molecular weight excluding hydrogens is 218 g/mol. The van der Waals surface area contributed by atoms with Crippen LogP contribution in [0.25, 0.3) is 10.8 Å². The molecule has 0 aromatic heterocycles. The van der Waals surface area contributed by atoms with Crippen LogP contribution in [0.5, 0.6) is 0 Å². The SMILES string of the molecule is C=CC(CCC)c1c(NC)ccc2ccccc12. The van der Waals surface area contributed by atoms with Gasteiger partial charge in [-0.1, -0.05) is 49.8 Å². The summed E-state index contributed by atoms with van der Waals surface area (Å²) in [6.07, 6.45) is 4.39. The van der Waals surface area contributed by atoms with E-state index in [0.29, 0.717) is 5.92 Å². The number of benzene rings is 2. The molecule has 1 heteroatoms. The molecule has 1 N–H and O–H groups in total. The zero-order valence-electron chi connectivity index (χ0n) is 11.2. The van der Waals surface area contributed by atoms with Crippen molar-refractivity contribution in [1.82, 2.24) is 0 Å². The second kappa shape index (κ2) is 5.72. The van der Waals surface area contributed by atoms with Gasteiger partial charge in [0.2, 0.25) is 0 Å². The van der Waals surface area contributed by atoms with Gasteiger partial charge in [0.05, 0.1) is 0 Å². The first-order valence-corrected chi connectivity index (χ1v) is 6.63. The molecular formula is C17H21N. The first-order valence-electron chi connectivity index (χ1n) is 6.63. The Bertz CT molecular complexity index is 542. The maximum Gasteiger partial charge on any atom is 0.0382 e. The van der Waals surface area contributed by atoms with Gasteiger partial charge in [0.15, 0.2) is 0 Å². The van der Waals surface area contributed by atoms with Crippen LogP contribution in [0.4, 0.5) is 5.69 Å². The monoisotopic (exact) mass is 239 g/mol. The topological polar surface area (TPSA) is 12.0 Å². The van der Waals surface area contributed by atoms with E-state index in [-0.39, 0.29) is 0 Å². The van der Waals surface area contributed by atoms with Crippen LogP contribution < -0.4 is 5.32 Å². The van der Waals surface area contributed by atoms with Crippen LogP contribution in [-0.2, 0) is 0 Å². The minimum atomic E-state index is 0.420. The maximum atomic E-state index is 4.01. The molecule has 1 unspecified atom stereocenters. The summed E-state index contributed by atoms with van der Waals surface area (Å²) in [5.74, 6) is 0.420.